The molecule has 1 saturated heterocycles. The van der Waals surface area contributed by atoms with Crippen molar-refractivity contribution < 1.29 is 14.4 Å². The number of urea groups is 1. The van der Waals surface area contributed by atoms with E-state index in [0.717, 1.165) is 11.3 Å². The molecular weight excluding hydrogens is 368 g/mol. The van der Waals surface area contributed by atoms with Crippen LogP contribution in [0.4, 0.5) is 10.5 Å². The van der Waals surface area contributed by atoms with Crippen molar-refractivity contribution in [3.63, 3.8) is 0 Å². The highest BCUT2D eigenvalue weighted by molar-refractivity contribution is 5.92. The summed E-state index contributed by atoms with van der Waals surface area (Å²) in [6.07, 6.45) is 1.36. The van der Waals surface area contributed by atoms with E-state index in [1.165, 1.54) is 0 Å². The Morgan fingerprint density at radius 1 is 0.966 bits per heavy atom. The predicted molar refractivity (Wildman–Crippen MR) is 111 cm³/mol. The minimum absolute atomic E-state index is 0.0131. The number of likely N-dealkylation sites (tertiary alicyclic amines) is 1. The van der Waals surface area contributed by atoms with E-state index in [-0.39, 0.29) is 24.2 Å². The van der Waals surface area contributed by atoms with Gasteiger partial charge in [0.15, 0.2) is 0 Å². The SMILES string of the molecule is NC(=O)NC(CC(=O)N1CCC(C(=O)Nc2ccccc2)CC1)c1ccccc1. The third kappa shape index (κ3) is 5.81. The van der Waals surface area contributed by atoms with Crippen LogP contribution >= 0.6 is 0 Å². The van der Waals surface area contributed by atoms with Crippen molar-refractivity contribution in [1.82, 2.24) is 10.2 Å². The summed E-state index contributed by atoms with van der Waals surface area (Å²) in [4.78, 5) is 38.3. The zero-order chi connectivity index (χ0) is 20.6. The Hall–Kier alpha value is -3.35. The lowest BCUT2D eigenvalue weighted by Crippen LogP contribution is -2.43. The van der Waals surface area contributed by atoms with Gasteiger partial charge in [0.05, 0.1) is 12.5 Å². The van der Waals surface area contributed by atoms with E-state index in [2.05, 4.69) is 10.6 Å². The number of anilines is 1. The maximum atomic E-state index is 12.8. The van der Waals surface area contributed by atoms with Crippen LogP contribution in [-0.4, -0.2) is 35.8 Å². The highest BCUT2D eigenvalue weighted by Crippen LogP contribution is 2.23. The molecule has 1 atom stereocenters. The van der Waals surface area contributed by atoms with Crippen LogP contribution in [0.1, 0.15) is 30.9 Å². The smallest absolute Gasteiger partial charge is 0.312 e. The summed E-state index contributed by atoms with van der Waals surface area (Å²) in [5, 5.41) is 5.57. The number of piperidine rings is 1. The minimum atomic E-state index is -0.664. The van der Waals surface area contributed by atoms with Gasteiger partial charge in [-0.2, -0.15) is 0 Å². The van der Waals surface area contributed by atoms with Gasteiger partial charge in [0.2, 0.25) is 11.8 Å². The van der Waals surface area contributed by atoms with Crippen LogP contribution in [0.25, 0.3) is 0 Å². The van der Waals surface area contributed by atoms with Crippen molar-refractivity contribution >= 4 is 23.5 Å². The second kappa shape index (κ2) is 9.73. The van der Waals surface area contributed by atoms with Gasteiger partial charge in [-0.05, 0) is 30.5 Å². The van der Waals surface area contributed by atoms with Crippen LogP contribution in [-0.2, 0) is 9.59 Å². The second-order valence-corrected chi connectivity index (χ2v) is 7.19. The molecule has 0 aliphatic carbocycles. The average molecular weight is 394 g/mol. The Balaban J connectivity index is 1.53. The van der Waals surface area contributed by atoms with Crippen molar-refractivity contribution in [1.29, 1.82) is 0 Å². The molecule has 0 spiro atoms. The van der Waals surface area contributed by atoms with E-state index < -0.39 is 12.1 Å². The van der Waals surface area contributed by atoms with Crippen LogP contribution in [0.3, 0.4) is 0 Å². The largest absolute Gasteiger partial charge is 0.352 e. The van der Waals surface area contributed by atoms with Crippen molar-refractivity contribution in [2.75, 3.05) is 18.4 Å². The van der Waals surface area contributed by atoms with Gasteiger partial charge in [-0.1, -0.05) is 48.5 Å². The fraction of sp³-hybridized carbons (Fsp3) is 0.318. The molecular formula is C22H26N4O3. The fourth-order valence-corrected chi connectivity index (χ4v) is 3.57. The lowest BCUT2D eigenvalue weighted by atomic mass is 9.95. The molecule has 1 fully saturated rings. The lowest BCUT2D eigenvalue weighted by molar-refractivity contribution is -0.135. The Kier molecular flexibility index (Phi) is 6.84. The van der Waals surface area contributed by atoms with E-state index in [4.69, 9.17) is 5.73 Å². The average Bonchev–Trinajstić information content (AvgIpc) is 2.74. The van der Waals surface area contributed by atoms with Gasteiger partial charge >= 0.3 is 6.03 Å². The second-order valence-electron chi connectivity index (χ2n) is 7.19. The van der Waals surface area contributed by atoms with Gasteiger partial charge in [0.1, 0.15) is 0 Å². The van der Waals surface area contributed by atoms with E-state index >= 15 is 0 Å². The number of amides is 4. The standard InChI is InChI=1S/C22H26N4O3/c23-22(29)25-19(16-7-3-1-4-8-16)15-20(27)26-13-11-17(12-14-26)21(28)24-18-9-5-2-6-10-18/h1-10,17,19H,11-15H2,(H,24,28)(H3,23,25,29). The Morgan fingerprint density at radius 3 is 2.14 bits per heavy atom. The number of rotatable bonds is 6. The van der Waals surface area contributed by atoms with Gasteiger partial charge in [-0.15, -0.1) is 0 Å². The Morgan fingerprint density at radius 2 is 1.55 bits per heavy atom. The third-order valence-electron chi connectivity index (χ3n) is 5.16. The molecule has 2 aromatic rings. The quantitative estimate of drug-likeness (QED) is 0.701. The molecule has 152 valence electrons. The van der Waals surface area contributed by atoms with Gasteiger partial charge in [-0.3, -0.25) is 9.59 Å². The minimum Gasteiger partial charge on any atom is -0.352 e. The molecule has 7 heteroatoms. The van der Waals surface area contributed by atoms with Gasteiger partial charge in [-0.25, -0.2) is 4.79 Å². The van der Waals surface area contributed by atoms with Crippen molar-refractivity contribution in [2.45, 2.75) is 25.3 Å². The van der Waals surface area contributed by atoms with Gasteiger partial charge < -0.3 is 21.3 Å². The first-order valence-corrected chi connectivity index (χ1v) is 9.77. The first-order chi connectivity index (χ1) is 14.0. The summed E-state index contributed by atoms with van der Waals surface area (Å²) in [5.41, 5.74) is 6.89. The molecule has 1 heterocycles. The predicted octanol–water partition coefficient (Wildman–Crippen LogP) is 2.66. The van der Waals surface area contributed by atoms with E-state index in [9.17, 15) is 14.4 Å². The van der Waals surface area contributed by atoms with Gasteiger partial charge in [0, 0.05) is 24.7 Å². The van der Waals surface area contributed by atoms with Crippen LogP contribution in [0.2, 0.25) is 0 Å². The zero-order valence-electron chi connectivity index (χ0n) is 16.2. The monoisotopic (exact) mass is 394 g/mol. The molecule has 7 nitrogen and oxygen atoms in total. The van der Waals surface area contributed by atoms with E-state index in [1.807, 2.05) is 60.7 Å². The van der Waals surface area contributed by atoms with Crippen LogP contribution < -0.4 is 16.4 Å². The summed E-state index contributed by atoms with van der Waals surface area (Å²) in [5.74, 6) is -0.191. The van der Waals surface area contributed by atoms with Crippen molar-refractivity contribution in [3.8, 4) is 0 Å². The topological polar surface area (TPSA) is 105 Å². The number of hydrogen-bond acceptors (Lipinski definition) is 3. The number of carbonyl (C=O) groups is 3. The number of nitrogens with two attached hydrogens (primary N) is 1. The molecule has 3 rings (SSSR count). The molecule has 0 radical (unpaired) electrons. The highest BCUT2D eigenvalue weighted by Gasteiger charge is 2.29. The Bertz CT molecular complexity index is 834. The molecule has 2 aromatic carbocycles. The molecule has 4 amide bonds. The number of benzene rings is 2. The lowest BCUT2D eigenvalue weighted by Gasteiger charge is -2.32. The summed E-state index contributed by atoms with van der Waals surface area (Å²) in [7, 11) is 0. The zero-order valence-corrected chi connectivity index (χ0v) is 16.2. The summed E-state index contributed by atoms with van der Waals surface area (Å²) in [6, 6.07) is 17.5. The number of hydrogen-bond donors (Lipinski definition) is 3. The molecule has 1 unspecified atom stereocenters. The summed E-state index contributed by atoms with van der Waals surface area (Å²) in [6.45, 7) is 1.04. The number of nitrogens with one attached hydrogen (secondary N) is 2. The maximum Gasteiger partial charge on any atom is 0.312 e. The van der Waals surface area contributed by atoms with E-state index in [1.54, 1.807) is 4.90 Å². The number of primary amides is 1. The molecule has 29 heavy (non-hydrogen) atoms. The van der Waals surface area contributed by atoms with Crippen LogP contribution in [0.15, 0.2) is 60.7 Å². The molecule has 0 aromatic heterocycles. The molecule has 1 aliphatic rings. The summed E-state index contributed by atoms with van der Waals surface area (Å²) >= 11 is 0. The van der Waals surface area contributed by atoms with Crippen molar-refractivity contribution in [2.24, 2.45) is 11.7 Å². The van der Waals surface area contributed by atoms with Gasteiger partial charge in [0.25, 0.3) is 0 Å². The normalized spacial score (nSPS) is 15.4. The third-order valence-corrected chi connectivity index (χ3v) is 5.16. The number of nitrogens with zero attached hydrogens (tertiary/aromatic N) is 1. The molecule has 1 aliphatic heterocycles. The van der Waals surface area contributed by atoms with E-state index in [0.29, 0.717) is 25.9 Å². The molecule has 0 saturated carbocycles. The maximum absolute atomic E-state index is 12.8. The molecule has 4 N–H and O–H groups in total. The Labute approximate surface area is 170 Å². The number of para-hydroxylation sites is 1. The molecule has 0 bridgehead atoms. The van der Waals surface area contributed by atoms with Crippen LogP contribution in [0, 0.1) is 5.92 Å². The highest BCUT2D eigenvalue weighted by atomic mass is 16.2. The first-order valence-electron chi connectivity index (χ1n) is 9.77. The number of carbonyl (C=O) groups excluding carboxylic acids is 3. The summed E-state index contributed by atoms with van der Waals surface area (Å²) < 4.78 is 0. The first kappa shape index (κ1) is 20.4. The fourth-order valence-electron chi connectivity index (χ4n) is 3.57. The van der Waals surface area contributed by atoms with Crippen molar-refractivity contribution in [3.05, 3.63) is 66.2 Å². The van der Waals surface area contributed by atoms with Crippen LogP contribution in [0.5, 0.6) is 0 Å².